The average Bonchev–Trinajstić information content (AvgIpc) is 2.59. The Labute approximate surface area is 151 Å². The molecular formula is C20H19FN4O. The zero-order chi connectivity index (χ0) is 18.7. The van der Waals surface area contributed by atoms with Crippen LogP contribution in [0.2, 0.25) is 0 Å². The summed E-state index contributed by atoms with van der Waals surface area (Å²) in [6, 6.07) is 13.6. The van der Waals surface area contributed by atoms with Crippen LogP contribution in [0.4, 0.5) is 21.6 Å². The lowest BCUT2D eigenvalue weighted by atomic mass is 10.1. The number of carbonyl (C=O) groups excluding carboxylic acids is 1. The fraction of sp³-hybridized carbons (Fsp3) is 0.150. The van der Waals surface area contributed by atoms with Crippen molar-refractivity contribution >= 4 is 23.1 Å². The first-order chi connectivity index (χ1) is 12.4. The molecule has 3 aromatic rings. The van der Waals surface area contributed by atoms with Crippen molar-refractivity contribution < 1.29 is 9.18 Å². The molecule has 26 heavy (non-hydrogen) atoms. The predicted octanol–water partition coefficient (Wildman–Crippen LogP) is 4.54. The number of nitrogens with zero attached hydrogens (tertiary/aromatic N) is 2. The van der Waals surface area contributed by atoms with Crippen molar-refractivity contribution in [2.45, 2.75) is 20.8 Å². The lowest BCUT2D eigenvalue weighted by Crippen LogP contribution is -2.16. The minimum Gasteiger partial charge on any atom is -0.338 e. The Bertz CT molecular complexity index is 972. The molecule has 1 aromatic heterocycles. The van der Waals surface area contributed by atoms with Crippen LogP contribution in [0.1, 0.15) is 27.4 Å². The van der Waals surface area contributed by atoms with Gasteiger partial charge >= 0.3 is 0 Å². The lowest BCUT2D eigenvalue weighted by Gasteiger charge is -2.11. The van der Waals surface area contributed by atoms with E-state index in [-0.39, 0.29) is 17.3 Å². The molecule has 0 saturated carbocycles. The van der Waals surface area contributed by atoms with Gasteiger partial charge in [0.1, 0.15) is 23.2 Å². The van der Waals surface area contributed by atoms with E-state index < -0.39 is 5.82 Å². The molecule has 132 valence electrons. The van der Waals surface area contributed by atoms with Crippen molar-refractivity contribution in [1.82, 2.24) is 9.97 Å². The zero-order valence-electron chi connectivity index (χ0n) is 14.8. The number of para-hydroxylation sites is 1. The van der Waals surface area contributed by atoms with Crippen LogP contribution >= 0.6 is 0 Å². The number of amides is 1. The number of benzene rings is 2. The van der Waals surface area contributed by atoms with E-state index in [1.54, 1.807) is 25.1 Å². The molecule has 0 aliphatic carbocycles. The Hall–Kier alpha value is -3.28. The summed E-state index contributed by atoms with van der Waals surface area (Å²) in [6.45, 7) is 5.56. The highest BCUT2D eigenvalue weighted by molar-refractivity contribution is 6.03. The molecule has 5 nitrogen and oxygen atoms in total. The molecule has 0 radical (unpaired) electrons. The van der Waals surface area contributed by atoms with Gasteiger partial charge in [-0.2, -0.15) is 0 Å². The van der Waals surface area contributed by atoms with Crippen molar-refractivity contribution in [2.24, 2.45) is 0 Å². The van der Waals surface area contributed by atoms with E-state index >= 15 is 0 Å². The molecule has 0 fully saturated rings. The summed E-state index contributed by atoms with van der Waals surface area (Å²) in [5, 5.41) is 5.75. The highest BCUT2D eigenvalue weighted by atomic mass is 19.1. The van der Waals surface area contributed by atoms with Crippen LogP contribution in [0.5, 0.6) is 0 Å². The van der Waals surface area contributed by atoms with Gasteiger partial charge in [0.15, 0.2) is 0 Å². The number of aromatic nitrogens is 2. The average molecular weight is 350 g/mol. The van der Waals surface area contributed by atoms with Crippen LogP contribution < -0.4 is 10.6 Å². The summed E-state index contributed by atoms with van der Waals surface area (Å²) >= 11 is 0. The van der Waals surface area contributed by atoms with Crippen LogP contribution in [0, 0.1) is 26.6 Å². The highest BCUT2D eigenvalue weighted by Crippen LogP contribution is 2.20. The predicted molar refractivity (Wildman–Crippen MR) is 100 cm³/mol. The Balaban J connectivity index is 1.86. The molecule has 2 N–H and O–H groups in total. The van der Waals surface area contributed by atoms with Crippen molar-refractivity contribution in [1.29, 1.82) is 0 Å². The number of aryl methyl sites for hydroxylation is 3. The summed E-state index contributed by atoms with van der Waals surface area (Å²) in [5.74, 6) is 0.0251. The first-order valence-electron chi connectivity index (χ1n) is 8.18. The third-order valence-corrected chi connectivity index (χ3v) is 3.85. The first kappa shape index (κ1) is 17.5. The van der Waals surface area contributed by atoms with Crippen LogP contribution in [0.3, 0.4) is 0 Å². The van der Waals surface area contributed by atoms with Gasteiger partial charge in [-0.3, -0.25) is 4.79 Å². The van der Waals surface area contributed by atoms with Gasteiger partial charge in [0.25, 0.3) is 5.91 Å². The Kier molecular flexibility index (Phi) is 4.93. The van der Waals surface area contributed by atoms with Gasteiger partial charge < -0.3 is 10.6 Å². The second kappa shape index (κ2) is 7.31. The Morgan fingerprint density at radius 1 is 0.962 bits per heavy atom. The Morgan fingerprint density at radius 2 is 1.73 bits per heavy atom. The van der Waals surface area contributed by atoms with E-state index in [1.165, 1.54) is 12.1 Å². The number of anilines is 3. The number of hydrogen-bond donors (Lipinski definition) is 2. The van der Waals surface area contributed by atoms with Crippen LogP contribution in [-0.4, -0.2) is 15.9 Å². The normalized spacial score (nSPS) is 10.5. The number of nitrogens with one attached hydrogen (secondary N) is 2. The number of rotatable bonds is 4. The van der Waals surface area contributed by atoms with E-state index in [4.69, 9.17) is 0 Å². The van der Waals surface area contributed by atoms with Crippen LogP contribution in [-0.2, 0) is 0 Å². The third kappa shape index (κ3) is 4.03. The Morgan fingerprint density at radius 3 is 2.50 bits per heavy atom. The minimum atomic E-state index is -0.398. The topological polar surface area (TPSA) is 66.9 Å². The van der Waals surface area contributed by atoms with Gasteiger partial charge in [-0.05, 0) is 50.1 Å². The van der Waals surface area contributed by atoms with Gasteiger partial charge in [0.05, 0.1) is 5.69 Å². The molecule has 1 amide bonds. The van der Waals surface area contributed by atoms with Gasteiger partial charge in [-0.25, -0.2) is 14.4 Å². The minimum absolute atomic E-state index is 0.206. The smallest absolute Gasteiger partial charge is 0.274 e. The molecule has 0 aliphatic heterocycles. The molecule has 6 heteroatoms. The summed E-state index contributed by atoms with van der Waals surface area (Å²) in [5.41, 5.74) is 3.23. The van der Waals surface area contributed by atoms with Gasteiger partial charge in [-0.1, -0.05) is 24.3 Å². The molecule has 0 bridgehead atoms. The molecular weight excluding hydrogens is 331 g/mol. The SMILES string of the molecule is Cc1ccc(C)c(NC(=O)c2cc(Nc3ccccc3F)nc(C)n2)c1. The monoisotopic (exact) mass is 350 g/mol. The molecule has 0 saturated heterocycles. The molecule has 0 atom stereocenters. The molecule has 0 spiro atoms. The standard InChI is InChI=1S/C20H19FN4O/c1-12-8-9-13(2)17(10-12)25-20(26)18-11-19(23-14(3)22-18)24-16-7-5-4-6-15(16)21/h4-11H,1-3H3,(H,25,26)(H,22,23,24). The van der Waals surface area contributed by atoms with E-state index in [0.717, 1.165) is 16.8 Å². The summed E-state index contributed by atoms with van der Waals surface area (Å²) < 4.78 is 13.8. The van der Waals surface area contributed by atoms with E-state index in [0.29, 0.717) is 11.6 Å². The van der Waals surface area contributed by atoms with Gasteiger partial charge in [0.2, 0.25) is 0 Å². The first-order valence-corrected chi connectivity index (χ1v) is 8.18. The molecule has 0 unspecified atom stereocenters. The fourth-order valence-electron chi connectivity index (χ4n) is 2.51. The maximum atomic E-state index is 13.8. The number of halogens is 1. The largest absolute Gasteiger partial charge is 0.338 e. The number of carbonyl (C=O) groups is 1. The molecule has 1 heterocycles. The van der Waals surface area contributed by atoms with Crippen molar-refractivity contribution in [3.8, 4) is 0 Å². The van der Waals surface area contributed by atoms with E-state index in [1.807, 2.05) is 32.0 Å². The summed E-state index contributed by atoms with van der Waals surface area (Å²) in [7, 11) is 0. The second-order valence-corrected chi connectivity index (χ2v) is 6.06. The second-order valence-electron chi connectivity index (χ2n) is 6.06. The van der Waals surface area contributed by atoms with Crippen LogP contribution in [0.15, 0.2) is 48.5 Å². The van der Waals surface area contributed by atoms with Crippen molar-refractivity contribution in [3.63, 3.8) is 0 Å². The zero-order valence-corrected chi connectivity index (χ0v) is 14.8. The van der Waals surface area contributed by atoms with Gasteiger partial charge in [-0.15, -0.1) is 0 Å². The van der Waals surface area contributed by atoms with Gasteiger partial charge in [0, 0.05) is 11.8 Å². The highest BCUT2D eigenvalue weighted by Gasteiger charge is 2.13. The van der Waals surface area contributed by atoms with Crippen molar-refractivity contribution in [2.75, 3.05) is 10.6 Å². The molecule has 2 aromatic carbocycles. The van der Waals surface area contributed by atoms with E-state index in [9.17, 15) is 9.18 Å². The number of hydrogen-bond acceptors (Lipinski definition) is 4. The molecule has 3 rings (SSSR count). The molecule has 0 aliphatic rings. The van der Waals surface area contributed by atoms with Crippen LogP contribution in [0.25, 0.3) is 0 Å². The maximum absolute atomic E-state index is 13.8. The van der Waals surface area contributed by atoms with Crippen molar-refractivity contribution in [3.05, 3.63) is 77.0 Å². The van der Waals surface area contributed by atoms with E-state index in [2.05, 4.69) is 20.6 Å². The maximum Gasteiger partial charge on any atom is 0.274 e. The summed E-state index contributed by atoms with van der Waals surface area (Å²) in [6.07, 6.45) is 0. The fourth-order valence-corrected chi connectivity index (χ4v) is 2.51. The quantitative estimate of drug-likeness (QED) is 0.725. The lowest BCUT2D eigenvalue weighted by molar-refractivity contribution is 0.102. The third-order valence-electron chi connectivity index (χ3n) is 3.85. The summed E-state index contributed by atoms with van der Waals surface area (Å²) in [4.78, 5) is 21.0.